The maximum atomic E-state index is 13.0. The molecule has 0 saturated carbocycles. The number of benzene rings is 1. The summed E-state index contributed by atoms with van der Waals surface area (Å²) in [5.74, 6) is 0.274. The summed E-state index contributed by atoms with van der Waals surface area (Å²) in [5, 5.41) is 3.78. The van der Waals surface area contributed by atoms with E-state index in [2.05, 4.69) is 9.97 Å². The predicted octanol–water partition coefficient (Wildman–Crippen LogP) is 4.68. The molecule has 3 heterocycles. The molecule has 0 N–H and O–H groups in total. The number of rotatable bonds is 7. The number of ether oxygens (including phenoxy) is 2. The second-order valence-electron chi connectivity index (χ2n) is 6.61. The number of halogens is 1. The van der Waals surface area contributed by atoms with Crippen LogP contribution >= 0.6 is 34.3 Å². The largest absolute Gasteiger partial charge is 0.486 e. The van der Waals surface area contributed by atoms with Crippen LogP contribution in [0.4, 0.5) is 0 Å². The molecule has 0 amide bonds. The fraction of sp³-hybridized carbons (Fsp3) is 0.238. The van der Waals surface area contributed by atoms with Crippen LogP contribution in [0.15, 0.2) is 40.8 Å². The van der Waals surface area contributed by atoms with Gasteiger partial charge in [-0.25, -0.2) is 14.8 Å². The number of hydrogen-bond acceptors (Lipinski definition) is 8. The van der Waals surface area contributed by atoms with Crippen LogP contribution in [0, 0.1) is 6.92 Å². The zero-order chi connectivity index (χ0) is 22.0. The van der Waals surface area contributed by atoms with E-state index in [1.807, 2.05) is 5.38 Å². The number of esters is 1. The summed E-state index contributed by atoms with van der Waals surface area (Å²) in [5.41, 5.74) is 1.13. The van der Waals surface area contributed by atoms with Gasteiger partial charge in [0.15, 0.2) is 0 Å². The number of carbonyl (C=O) groups excluding carboxylic acids is 1. The Bertz CT molecular complexity index is 1290. The number of nitrogens with zero attached hydrogens (tertiary/aromatic N) is 3. The van der Waals surface area contributed by atoms with Crippen LogP contribution in [0.3, 0.4) is 0 Å². The van der Waals surface area contributed by atoms with Crippen molar-refractivity contribution in [3.05, 3.63) is 72.5 Å². The Hall–Kier alpha value is -2.75. The minimum atomic E-state index is -0.432. The van der Waals surface area contributed by atoms with Crippen LogP contribution in [0.1, 0.15) is 32.9 Å². The molecule has 0 bridgehead atoms. The van der Waals surface area contributed by atoms with Crippen molar-refractivity contribution in [1.82, 2.24) is 14.5 Å². The Kier molecular flexibility index (Phi) is 6.35. The Morgan fingerprint density at radius 1 is 1.26 bits per heavy atom. The lowest BCUT2D eigenvalue weighted by Gasteiger charge is -2.04. The number of hydrogen-bond donors (Lipinski definition) is 0. The van der Waals surface area contributed by atoms with E-state index in [9.17, 15) is 9.59 Å². The van der Waals surface area contributed by atoms with E-state index in [1.165, 1.54) is 33.6 Å². The van der Waals surface area contributed by atoms with Gasteiger partial charge in [0.2, 0.25) is 0 Å². The van der Waals surface area contributed by atoms with Crippen molar-refractivity contribution in [2.75, 3.05) is 6.61 Å². The van der Waals surface area contributed by atoms with Crippen LogP contribution < -0.4 is 10.3 Å². The van der Waals surface area contributed by atoms with Crippen molar-refractivity contribution in [3.63, 3.8) is 0 Å². The molecule has 0 aliphatic heterocycles. The van der Waals surface area contributed by atoms with E-state index in [4.69, 9.17) is 21.1 Å². The lowest BCUT2D eigenvalue weighted by atomic mass is 10.2. The van der Waals surface area contributed by atoms with E-state index in [0.29, 0.717) is 38.0 Å². The first kappa shape index (κ1) is 21.5. The number of aromatic nitrogens is 3. The fourth-order valence-electron chi connectivity index (χ4n) is 3.00. The van der Waals surface area contributed by atoms with Gasteiger partial charge in [0.05, 0.1) is 30.6 Å². The summed E-state index contributed by atoms with van der Waals surface area (Å²) in [6.45, 7) is 4.37. The van der Waals surface area contributed by atoms with Gasteiger partial charge >= 0.3 is 5.97 Å². The summed E-state index contributed by atoms with van der Waals surface area (Å²) in [4.78, 5) is 35.0. The standard InChI is InChI=1S/C21H18ClN3O4S2/c1-3-28-21(27)18-12(2)17-19(31-18)23-11-25(20(17)26)8-14-10-30-16(24-14)9-29-15-6-4-13(22)5-7-15/h4-7,10-11H,3,8-9H2,1-2H3. The van der Waals surface area contributed by atoms with Crippen molar-refractivity contribution in [3.8, 4) is 5.75 Å². The maximum Gasteiger partial charge on any atom is 0.348 e. The third kappa shape index (κ3) is 4.63. The minimum absolute atomic E-state index is 0.207. The predicted molar refractivity (Wildman–Crippen MR) is 122 cm³/mol. The Morgan fingerprint density at radius 3 is 2.77 bits per heavy atom. The second kappa shape index (κ2) is 9.17. The van der Waals surface area contributed by atoms with Crippen LogP contribution in [0.5, 0.6) is 5.75 Å². The van der Waals surface area contributed by atoms with E-state index in [0.717, 1.165) is 10.7 Å². The lowest BCUT2D eigenvalue weighted by Crippen LogP contribution is -2.21. The highest BCUT2D eigenvalue weighted by atomic mass is 35.5. The van der Waals surface area contributed by atoms with Gasteiger partial charge in [-0.2, -0.15) is 0 Å². The molecule has 0 aliphatic carbocycles. The third-order valence-electron chi connectivity index (χ3n) is 4.49. The summed E-state index contributed by atoms with van der Waals surface area (Å²) in [7, 11) is 0. The van der Waals surface area contributed by atoms with Gasteiger partial charge in [-0.1, -0.05) is 11.6 Å². The number of carbonyl (C=O) groups is 1. The highest BCUT2D eigenvalue weighted by Gasteiger charge is 2.20. The van der Waals surface area contributed by atoms with Crippen molar-refractivity contribution in [2.24, 2.45) is 0 Å². The van der Waals surface area contributed by atoms with Crippen LogP contribution in [0.25, 0.3) is 10.2 Å². The number of thiazole rings is 1. The van der Waals surface area contributed by atoms with E-state index >= 15 is 0 Å². The third-order valence-corrected chi connectivity index (χ3v) is 6.79. The molecule has 0 aliphatic rings. The Morgan fingerprint density at radius 2 is 2.03 bits per heavy atom. The molecule has 0 atom stereocenters. The lowest BCUT2D eigenvalue weighted by molar-refractivity contribution is 0.0531. The topological polar surface area (TPSA) is 83.3 Å². The second-order valence-corrected chi connectivity index (χ2v) is 8.99. The molecule has 31 heavy (non-hydrogen) atoms. The monoisotopic (exact) mass is 475 g/mol. The first-order chi connectivity index (χ1) is 15.0. The quantitative estimate of drug-likeness (QED) is 0.361. The van der Waals surface area contributed by atoms with Gasteiger partial charge in [-0.05, 0) is 43.7 Å². The molecule has 4 aromatic rings. The maximum absolute atomic E-state index is 13.0. The van der Waals surface area contributed by atoms with Gasteiger partial charge in [-0.15, -0.1) is 22.7 Å². The average molecular weight is 476 g/mol. The molecular weight excluding hydrogens is 458 g/mol. The number of fused-ring (bicyclic) bond motifs is 1. The van der Waals surface area contributed by atoms with E-state index in [-0.39, 0.29) is 18.7 Å². The van der Waals surface area contributed by atoms with E-state index in [1.54, 1.807) is 38.1 Å². The van der Waals surface area contributed by atoms with Crippen molar-refractivity contribution in [2.45, 2.75) is 27.0 Å². The average Bonchev–Trinajstić information content (AvgIpc) is 3.34. The first-order valence-corrected chi connectivity index (χ1v) is 11.5. The smallest absolute Gasteiger partial charge is 0.348 e. The highest BCUT2D eigenvalue weighted by Crippen LogP contribution is 2.27. The molecular formula is C21H18ClN3O4S2. The molecule has 0 fully saturated rings. The van der Waals surface area contributed by atoms with Gasteiger partial charge in [0.1, 0.15) is 27.1 Å². The molecule has 0 saturated heterocycles. The van der Waals surface area contributed by atoms with Gasteiger partial charge < -0.3 is 9.47 Å². The van der Waals surface area contributed by atoms with Crippen LogP contribution in [-0.2, 0) is 17.9 Å². The SMILES string of the molecule is CCOC(=O)c1sc2ncn(Cc3csc(COc4ccc(Cl)cc4)n3)c(=O)c2c1C. The normalized spacial score (nSPS) is 11.1. The first-order valence-electron chi connectivity index (χ1n) is 9.43. The number of thiophene rings is 1. The fourth-order valence-corrected chi connectivity index (χ4v) is 4.86. The summed E-state index contributed by atoms with van der Waals surface area (Å²) >= 11 is 8.51. The zero-order valence-corrected chi connectivity index (χ0v) is 19.1. The van der Waals surface area contributed by atoms with Crippen molar-refractivity contribution >= 4 is 50.5 Å². The van der Waals surface area contributed by atoms with Crippen molar-refractivity contribution < 1.29 is 14.3 Å². The van der Waals surface area contributed by atoms with Crippen LogP contribution in [-0.4, -0.2) is 27.1 Å². The van der Waals surface area contributed by atoms with Gasteiger partial charge in [-0.3, -0.25) is 9.36 Å². The van der Waals surface area contributed by atoms with Crippen LogP contribution in [0.2, 0.25) is 5.02 Å². The van der Waals surface area contributed by atoms with Crippen molar-refractivity contribution in [1.29, 1.82) is 0 Å². The zero-order valence-electron chi connectivity index (χ0n) is 16.8. The molecule has 4 rings (SSSR count). The highest BCUT2D eigenvalue weighted by molar-refractivity contribution is 7.20. The summed E-state index contributed by atoms with van der Waals surface area (Å²) in [6, 6.07) is 7.12. The van der Waals surface area contributed by atoms with Gasteiger partial charge in [0.25, 0.3) is 5.56 Å². The molecule has 0 unspecified atom stereocenters. The molecule has 7 nitrogen and oxygen atoms in total. The summed E-state index contributed by atoms with van der Waals surface area (Å²) < 4.78 is 12.3. The number of aryl methyl sites for hydroxylation is 1. The molecule has 3 aromatic heterocycles. The minimum Gasteiger partial charge on any atom is -0.486 e. The molecule has 0 radical (unpaired) electrons. The molecule has 10 heteroatoms. The molecule has 160 valence electrons. The molecule has 1 aromatic carbocycles. The Labute approximate surface area is 190 Å². The summed E-state index contributed by atoms with van der Waals surface area (Å²) in [6.07, 6.45) is 1.48. The molecule has 0 spiro atoms. The Balaban J connectivity index is 1.51. The van der Waals surface area contributed by atoms with Gasteiger partial charge in [0, 0.05) is 10.4 Å². The van der Waals surface area contributed by atoms with E-state index < -0.39 is 5.97 Å².